The topological polar surface area (TPSA) is 67.6 Å². The molecule has 0 spiro atoms. The number of likely N-dealkylation sites (tertiary alicyclic amines) is 1. The summed E-state index contributed by atoms with van der Waals surface area (Å²) in [7, 11) is 0. The lowest BCUT2D eigenvalue weighted by atomic mass is 10.1. The van der Waals surface area contributed by atoms with E-state index in [2.05, 4.69) is 10.1 Å². The first-order valence-corrected chi connectivity index (χ1v) is 7.98. The van der Waals surface area contributed by atoms with E-state index < -0.39 is 6.61 Å². The van der Waals surface area contributed by atoms with E-state index in [1.165, 1.54) is 12.1 Å². The molecule has 8 heteroatoms. The molecule has 0 aliphatic carbocycles. The molecule has 1 aliphatic heterocycles. The highest BCUT2D eigenvalue weighted by atomic mass is 35.5. The maximum absolute atomic E-state index is 12.7. The lowest BCUT2D eigenvalue weighted by molar-refractivity contribution is -0.0498. The van der Waals surface area contributed by atoms with Gasteiger partial charge in [-0.25, -0.2) is 0 Å². The van der Waals surface area contributed by atoms with E-state index in [1.54, 1.807) is 35.2 Å². The van der Waals surface area contributed by atoms with Gasteiger partial charge in [-0.1, -0.05) is 12.1 Å². The monoisotopic (exact) mass is 383 g/mol. The molecule has 26 heavy (non-hydrogen) atoms. The van der Waals surface area contributed by atoms with Crippen molar-refractivity contribution in [3.63, 3.8) is 0 Å². The van der Waals surface area contributed by atoms with Gasteiger partial charge >= 0.3 is 6.61 Å². The number of hydrogen-bond acceptors (Lipinski definition) is 4. The SMILES string of the molecule is Cl.N[C@@H]1CCN(C(=O)c2ccccc2Nc2ccc(OC(F)F)cc2)C1. The van der Waals surface area contributed by atoms with Gasteiger partial charge in [0, 0.05) is 24.8 Å². The van der Waals surface area contributed by atoms with Crippen LogP contribution in [0.3, 0.4) is 0 Å². The van der Waals surface area contributed by atoms with Gasteiger partial charge in [-0.15, -0.1) is 12.4 Å². The van der Waals surface area contributed by atoms with Gasteiger partial charge in [0.05, 0.1) is 11.3 Å². The summed E-state index contributed by atoms with van der Waals surface area (Å²) in [5.41, 5.74) is 7.74. The molecular formula is C18H20ClF2N3O2. The van der Waals surface area contributed by atoms with Crippen LogP contribution in [0.4, 0.5) is 20.2 Å². The van der Waals surface area contributed by atoms with Gasteiger partial charge in [0.25, 0.3) is 5.91 Å². The second-order valence-corrected chi connectivity index (χ2v) is 5.87. The average molecular weight is 384 g/mol. The Hall–Kier alpha value is -2.38. The summed E-state index contributed by atoms with van der Waals surface area (Å²) >= 11 is 0. The number of carbonyl (C=O) groups excluding carboxylic acids is 1. The number of benzene rings is 2. The third-order valence-corrected chi connectivity index (χ3v) is 4.03. The number of rotatable bonds is 5. The van der Waals surface area contributed by atoms with Gasteiger partial charge in [0.2, 0.25) is 0 Å². The summed E-state index contributed by atoms with van der Waals surface area (Å²) in [6.45, 7) is -1.66. The van der Waals surface area contributed by atoms with Crippen LogP contribution in [-0.4, -0.2) is 36.5 Å². The van der Waals surface area contributed by atoms with Crippen molar-refractivity contribution in [3.05, 3.63) is 54.1 Å². The van der Waals surface area contributed by atoms with E-state index in [4.69, 9.17) is 5.73 Å². The van der Waals surface area contributed by atoms with Gasteiger partial charge in [0.1, 0.15) is 5.75 Å². The molecule has 5 nitrogen and oxygen atoms in total. The van der Waals surface area contributed by atoms with Crippen LogP contribution in [0.15, 0.2) is 48.5 Å². The Bertz CT molecular complexity index is 743. The number of alkyl halides is 2. The number of para-hydroxylation sites is 1. The Labute approximate surface area is 156 Å². The second-order valence-electron chi connectivity index (χ2n) is 5.87. The van der Waals surface area contributed by atoms with Gasteiger partial charge in [-0.2, -0.15) is 8.78 Å². The number of anilines is 2. The number of halogens is 3. The number of ether oxygens (including phenoxy) is 1. The predicted molar refractivity (Wildman–Crippen MR) is 98.5 cm³/mol. The van der Waals surface area contributed by atoms with Crippen LogP contribution in [0.25, 0.3) is 0 Å². The molecule has 2 aromatic carbocycles. The first-order chi connectivity index (χ1) is 12.0. The zero-order valence-electron chi connectivity index (χ0n) is 13.9. The highest BCUT2D eigenvalue weighted by molar-refractivity contribution is 6.00. The summed E-state index contributed by atoms with van der Waals surface area (Å²) in [6.07, 6.45) is 0.799. The van der Waals surface area contributed by atoms with E-state index in [-0.39, 0.29) is 30.1 Å². The molecule has 3 rings (SSSR count). The van der Waals surface area contributed by atoms with E-state index >= 15 is 0 Å². The minimum atomic E-state index is -2.86. The van der Waals surface area contributed by atoms with Crippen molar-refractivity contribution >= 4 is 29.7 Å². The number of amides is 1. The molecule has 0 aromatic heterocycles. The first-order valence-electron chi connectivity index (χ1n) is 7.98. The first kappa shape index (κ1) is 19.9. The molecule has 1 aliphatic rings. The molecule has 0 saturated carbocycles. The number of nitrogens with two attached hydrogens (primary N) is 1. The number of nitrogens with one attached hydrogen (secondary N) is 1. The Morgan fingerprint density at radius 2 is 1.88 bits per heavy atom. The standard InChI is InChI=1S/C18H19F2N3O2.ClH/c19-18(20)25-14-7-5-13(6-8-14)22-16-4-2-1-3-15(16)17(24)23-10-9-12(21)11-23;/h1-8,12,18,22H,9-11,21H2;1H/t12-;/m1./s1. The zero-order valence-corrected chi connectivity index (χ0v) is 14.7. The molecule has 3 N–H and O–H groups in total. The van der Waals surface area contributed by atoms with E-state index in [0.717, 1.165) is 6.42 Å². The van der Waals surface area contributed by atoms with Crippen LogP contribution in [0.2, 0.25) is 0 Å². The van der Waals surface area contributed by atoms with Crippen LogP contribution in [0.5, 0.6) is 5.75 Å². The van der Waals surface area contributed by atoms with E-state index in [9.17, 15) is 13.6 Å². The molecule has 1 saturated heterocycles. The highest BCUT2D eigenvalue weighted by Gasteiger charge is 2.25. The lowest BCUT2D eigenvalue weighted by Crippen LogP contribution is -2.32. The maximum atomic E-state index is 12.7. The normalized spacial score (nSPS) is 16.3. The smallest absolute Gasteiger partial charge is 0.387 e. The molecule has 0 radical (unpaired) electrons. The van der Waals surface area contributed by atoms with Crippen molar-refractivity contribution in [1.29, 1.82) is 0 Å². The Morgan fingerprint density at radius 3 is 2.50 bits per heavy atom. The lowest BCUT2D eigenvalue weighted by Gasteiger charge is -2.19. The van der Waals surface area contributed by atoms with Crippen LogP contribution in [0, 0.1) is 0 Å². The van der Waals surface area contributed by atoms with Crippen LogP contribution < -0.4 is 15.8 Å². The van der Waals surface area contributed by atoms with Gasteiger partial charge in [0.15, 0.2) is 0 Å². The molecule has 1 atom stereocenters. The number of carbonyl (C=O) groups is 1. The molecule has 1 heterocycles. The summed E-state index contributed by atoms with van der Waals surface area (Å²) < 4.78 is 28.7. The maximum Gasteiger partial charge on any atom is 0.387 e. The molecule has 0 bridgehead atoms. The molecule has 140 valence electrons. The Balaban J connectivity index is 0.00000243. The number of nitrogens with zero attached hydrogens (tertiary/aromatic N) is 1. The molecule has 1 fully saturated rings. The summed E-state index contributed by atoms with van der Waals surface area (Å²) in [5, 5.41) is 3.15. The van der Waals surface area contributed by atoms with E-state index in [0.29, 0.717) is 30.0 Å². The minimum absolute atomic E-state index is 0. The Morgan fingerprint density at radius 1 is 1.19 bits per heavy atom. The molecule has 0 unspecified atom stereocenters. The average Bonchev–Trinajstić information content (AvgIpc) is 3.02. The fourth-order valence-corrected chi connectivity index (χ4v) is 2.80. The fraction of sp³-hybridized carbons (Fsp3) is 0.278. The van der Waals surface area contributed by atoms with Crippen LogP contribution in [-0.2, 0) is 0 Å². The van der Waals surface area contributed by atoms with Gasteiger partial charge < -0.3 is 20.7 Å². The largest absolute Gasteiger partial charge is 0.435 e. The van der Waals surface area contributed by atoms with Crippen molar-refractivity contribution in [2.24, 2.45) is 5.73 Å². The Kier molecular flexibility index (Phi) is 6.76. The number of hydrogen-bond donors (Lipinski definition) is 2. The fourth-order valence-electron chi connectivity index (χ4n) is 2.80. The predicted octanol–water partition coefficient (Wildman–Crippen LogP) is 3.63. The molecular weight excluding hydrogens is 364 g/mol. The van der Waals surface area contributed by atoms with Crippen molar-refractivity contribution in [3.8, 4) is 5.75 Å². The minimum Gasteiger partial charge on any atom is -0.435 e. The summed E-state index contributed by atoms with van der Waals surface area (Å²) in [4.78, 5) is 14.4. The molecule has 2 aromatic rings. The van der Waals surface area contributed by atoms with Crippen LogP contribution >= 0.6 is 12.4 Å². The van der Waals surface area contributed by atoms with Gasteiger partial charge in [-0.3, -0.25) is 4.79 Å². The summed E-state index contributed by atoms with van der Waals surface area (Å²) in [6, 6.07) is 13.3. The molecule has 1 amide bonds. The zero-order chi connectivity index (χ0) is 17.8. The third kappa shape index (κ3) is 4.83. The van der Waals surface area contributed by atoms with Crippen molar-refractivity contribution in [2.45, 2.75) is 19.1 Å². The highest BCUT2D eigenvalue weighted by Crippen LogP contribution is 2.25. The second kappa shape index (κ2) is 8.82. The van der Waals surface area contributed by atoms with Crippen molar-refractivity contribution in [2.75, 3.05) is 18.4 Å². The van der Waals surface area contributed by atoms with Crippen LogP contribution in [0.1, 0.15) is 16.8 Å². The van der Waals surface area contributed by atoms with E-state index in [1.807, 2.05) is 6.07 Å². The van der Waals surface area contributed by atoms with Crippen molar-refractivity contribution < 1.29 is 18.3 Å². The third-order valence-electron chi connectivity index (χ3n) is 4.03. The van der Waals surface area contributed by atoms with Gasteiger partial charge in [-0.05, 0) is 42.8 Å². The summed E-state index contributed by atoms with van der Waals surface area (Å²) in [5.74, 6) is 0.00432. The quantitative estimate of drug-likeness (QED) is 0.827. The van der Waals surface area contributed by atoms with Crippen molar-refractivity contribution in [1.82, 2.24) is 4.90 Å².